The molecule has 9 nitrogen and oxygen atoms in total. The first kappa shape index (κ1) is 26.2. The number of anilines is 4. The highest BCUT2D eigenvalue weighted by molar-refractivity contribution is 6.05. The number of carbonyl (C=O) groups is 1. The lowest BCUT2D eigenvalue weighted by Gasteiger charge is -2.36. The molecule has 1 saturated heterocycles. The van der Waals surface area contributed by atoms with E-state index in [-0.39, 0.29) is 5.91 Å². The van der Waals surface area contributed by atoms with Crippen LogP contribution >= 0.6 is 0 Å². The first-order valence-electron chi connectivity index (χ1n) is 13.4. The van der Waals surface area contributed by atoms with Crippen molar-refractivity contribution >= 4 is 28.9 Å². The van der Waals surface area contributed by atoms with Crippen molar-refractivity contribution in [1.29, 1.82) is 0 Å². The number of hydrogen-bond acceptors (Lipinski definition) is 8. The van der Waals surface area contributed by atoms with Crippen LogP contribution in [-0.4, -0.2) is 63.5 Å². The number of rotatable bonds is 8. The fourth-order valence-corrected chi connectivity index (χ4v) is 4.77. The fraction of sp³-hybridized carbons (Fsp3) is 0.300. The molecule has 3 aromatic heterocycles. The molecule has 1 aromatic carbocycles. The number of nitrogens with one attached hydrogen (secondary N) is 2. The van der Waals surface area contributed by atoms with E-state index < -0.39 is 0 Å². The second-order valence-electron chi connectivity index (χ2n) is 9.83. The molecule has 0 aliphatic carbocycles. The molecular formula is C30H34N8O. The smallest absolute Gasteiger partial charge is 0.257 e. The Bertz CT molecular complexity index is 1430. The minimum atomic E-state index is -0.222. The summed E-state index contributed by atoms with van der Waals surface area (Å²) in [6.45, 7) is 11.4. The van der Waals surface area contributed by atoms with Crippen LogP contribution in [0.4, 0.5) is 23.0 Å². The predicted molar refractivity (Wildman–Crippen MR) is 156 cm³/mol. The van der Waals surface area contributed by atoms with Crippen LogP contribution in [0.2, 0.25) is 0 Å². The summed E-state index contributed by atoms with van der Waals surface area (Å²) in [5, 5.41) is 6.29. The number of amides is 1. The molecule has 39 heavy (non-hydrogen) atoms. The second kappa shape index (κ2) is 12.0. The second-order valence-corrected chi connectivity index (χ2v) is 9.83. The van der Waals surface area contributed by atoms with E-state index in [1.54, 1.807) is 30.9 Å². The van der Waals surface area contributed by atoms with Crippen molar-refractivity contribution in [3.63, 3.8) is 0 Å². The SMILES string of the molecule is CCCN1CCN(c2cc(C)cc(NC(=O)c3cnc(C)c(Nc4nccc(-c5cccnc5)n4)c3)c2)CC1. The topological polar surface area (TPSA) is 99.2 Å². The molecule has 0 bridgehead atoms. The van der Waals surface area contributed by atoms with Crippen LogP contribution in [0.25, 0.3) is 11.3 Å². The van der Waals surface area contributed by atoms with E-state index in [1.807, 2.05) is 31.2 Å². The van der Waals surface area contributed by atoms with Crippen molar-refractivity contribution < 1.29 is 4.79 Å². The lowest BCUT2D eigenvalue weighted by atomic mass is 10.1. The van der Waals surface area contributed by atoms with Crippen LogP contribution in [0.5, 0.6) is 0 Å². The van der Waals surface area contributed by atoms with Crippen molar-refractivity contribution in [1.82, 2.24) is 24.8 Å². The van der Waals surface area contributed by atoms with E-state index in [0.717, 1.165) is 66.6 Å². The highest BCUT2D eigenvalue weighted by Gasteiger charge is 2.18. The maximum atomic E-state index is 13.2. The van der Waals surface area contributed by atoms with Crippen molar-refractivity contribution in [2.45, 2.75) is 27.2 Å². The van der Waals surface area contributed by atoms with Gasteiger partial charge in [-0.05, 0) is 74.8 Å². The number of pyridine rings is 2. The van der Waals surface area contributed by atoms with Crippen LogP contribution in [0.15, 0.2) is 67.3 Å². The van der Waals surface area contributed by atoms with Gasteiger partial charge in [0.15, 0.2) is 0 Å². The van der Waals surface area contributed by atoms with E-state index >= 15 is 0 Å². The average Bonchev–Trinajstić information content (AvgIpc) is 2.95. The van der Waals surface area contributed by atoms with Gasteiger partial charge in [-0.1, -0.05) is 6.92 Å². The summed E-state index contributed by atoms with van der Waals surface area (Å²) in [7, 11) is 0. The molecule has 0 unspecified atom stereocenters. The molecule has 9 heteroatoms. The Kier molecular flexibility index (Phi) is 8.07. The Morgan fingerprint density at radius 2 is 1.82 bits per heavy atom. The van der Waals surface area contributed by atoms with E-state index in [0.29, 0.717) is 17.2 Å². The molecule has 1 amide bonds. The predicted octanol–water partition coefficient (Wildman–Crippen LogP) is 5.08. The summed E-state index contributed by atoms with van der Waals surface area (Å²) in [6.07, 6.45) is 7.94. The van der Waals surface area contributed by atoms with Gasteiger partial charge in [0.1, 0.15) is 0 Å². The van der Waals surface area contributed by atoms with E-state index in [9.17, 15) is 4.79 Å². The molecule has 5 rings (SSSR count). The van der Waals surface area contributed by atoms with Gasteiger partial charge in [-0.3, -0.25) is 19.7 Å². The van der Waals surface area contributed by atoms with Crippen molar-refractivity contribution in [3.8, 4) is 11.3 Å². The number of hydrogen-bond donors (Lipinski definition) is 2. The molecular weight excluding hydrogens is 488 g/mol. The minimum absolute atomic E-state index is 0.222. The monoisotopic (exact) mass is 522 g/mol. The number of piperazine rings is 1. The molecule has 0 atom stereocenters. The first-order valence-corrected chi connectivity index (χ1v) is 13.4. The summed E-state index contributed by atoms with van der Waals surface area (Å²) < 4.78 is 0. The van der Waals surface area contributed by atoms with Gasteiger partial charge < -0.3 is 15.5 Å². The summed E-state index contributed by atoms with van der Waals surface area (Å²) in [5.74, 6) is 0.195. The number of carbonyl (C=O) groups excluding carboxylic acids is 1. The normalized spacial score (nSPS) is 13.8. The summed E-state index contributed by atoms with van der Waals surface area (Å²) in [4.78, 5) is 35.7. The molecule has 1 aliphatic heterocycles. The van der Waals surface area contributed by atoms with Crippen molar-refractivity contribution in [3.05, 3.63) is 84.1 Å². The molecule has 4 aromatic rings. The standard InChI is InChI=1S/C30H34N8O/c1-4-10-37-11-13-38(14-12-37)26-16-21(2)15-25(18-26)34-29(39)24-17-28(22(3)33-20-24)36-30-32-9-7-27(35-30)23-6-5-8-31-19-23/h5-9,15-20H,4,10-14H2,1-3H3,(H,34,39)(H,32,35,36). The van der Waals surface area contributed by atoms with Gasteiger partial charge in [-0.2, -0.15) is 0 Å². The Morgan fingerprint density at radius 1 is 0.974 bits per heavy atom. The van der Waals surface area contributed by atoms with Crippen LogP contribution in [-0.2, 0) is 0 Å². The van der Waals surface area contributed by atoms with Crippen LogP contribution in [0, 0.1) is 13.8 Å². The molecule has 1 fully saturated rings. The molecule has 0 radical (unpaired) electrons. The molecule has 0 saturated carbocycles. The average molecular weight is 523 g/mol. The summed E-state index contributed by atoms with van der Waals surface area (Å²) >= 11 is 0. The molecule has 0 spiro atoms. The number of nitrogens with zero attached hydrogens (tertiary/aromatic N) is 6. The van der Waals surface area contributed by atoms with Gasteiger partial charge >= 0.3 is 0 Å². The highest BCUT2D eigenvalue weighted by Crippen LogP contribution is 2.25. The fourth-order valence-electron chi connectivity index (χ4n) is 4.77. The zero-order valence-electron chi connectivity index (χ0n) is 22.7. The van der Waals surface area contributed by atoms with Crippen LogP contribution < -0.4 is 15.5 Å². The lowest BCUT2D eigenvalue weighted by molar-refractivity contribution is 0.102. The first-order chi connectivity index (χ1) is 19.0. The van der Waals surface area contributed by atoms with E-state index in [1.165, 1.54) is 6.42 Å². The zero-order valence-corrected chi connectivity index (χ0v) is 22.7. The van der Waals surface area contributed by atoms with Crippen LogP contribution in [0.3, 0.4) is 0 Å². The Hall–Kier alpha value is -4.37. The number of aromatic nitrogens is 4. The van der Waals surface area contributed by atoms with Crippen molar-refractivity contribution in [2.24, 2.45) is 0 Å². The van der Waals surface area contributed by atoms with Gasteiger partial charge in [-0.15, -0.1) is 0 Å². The maximum Gasteiger partial charge on any atom is 0.257 e. The molecule has 200 valence electrons. The van der Waals surface area contributed by atoms with Gasteiger partial charge in [0.25, 0.3) is 5.91 Å². The Morgan fingerprint density at radius 3 is 2.59 bits per heavy atom. The maximum absolute atomic E-state index is 13.2. The Labute approximate surface area is 229 Å². The third kappa shape index (κ3) is 6.56. The highest BCUT2D eigenvalue weighted by atomic mass is 16.1. The number of benzene rings is 1. The summed E-state index contributed by atoms with van der Waals surface area (Å²) in [5.41, 5.74) is 6.51. The third-order valence-electron chi connectivity index (χ3n) is 6.81. The van der Waals surface area contributed by atoms with Gasteiger partial charge in [-0.25, -0.2) is 9.97 Å². The van der Waals surface area contributed by atoms with E-state index in [4.69, 9.17) is 0 Å². The largest absolute Gasteiger partial charge is 0.369 e. The molecule has 2 N–H and O–H groups in total. The van der Waals surface area contributed by atoms with Gasteiger partial charge in [0.2, 0.25) is 5.95 Å². The molecule has 4 heterocycles. The minimum Gasteiger partial charge on any atom is -0.369 e. The quantitative estimate of drug-likeness (QED) is 0.331. The van der Waals surface area contributed by atoms with Gasteiger partial charge in [0, 0.05) is 67.9 Å². The summed E-state index contributed by atoms with van der Waals surface area (Å²) in [6, 6.07) is 13.7. The lowest BCUT2D eigenvalue weighted by Crippen LogP contribution is -2.46. The third-order valence-corrected chi connectivity index (χ3v) is 6.81. The number of aryl methyl sites for hydroxylation is 2. The van der Waals surface area contributed by atoms with Crippen molar-refractivity contribution in [2.75, 3.05) is 48.3 Å². The molecule has 1 aliphatic rings. The van der Waals surface area contributed by atoms with Crippen LogP contribution in [0.1, 0.15) is 35.0 Å². The van der Waals surface area contributed by atoms with E-state index in [2.05, 4.69) is 66.3 Å². The zero-order chi connectivity index (χ0) is 27.2. The Balaban J connectivity index is 1.30. The van der Waals surface area contributed by atoms with Gasteiger partial charge in [0.05, 0.1) is 22.6 Å².